The molecule has 150 valence electrons. The Labute approximate surface area is 160 Å². The molecule has 0 aliphatic heterocycles. The van der Waals surface area contributed by atoms with E-state index in [0.717, 1.165) is 11.8 Å². The van der Waals surface area contributed by atoms with Gasteiger partial charge in [-0.05, 0) is 18.3 Å². The van der Waals surface area contributed by atoms with E-state index < -0.39 is 0 Å². The second-order valence-electron chi connectivity index (χ2n) is 9.07. The summed E-state index contributed by atoms with van der Waals surface area (Å²) in [5.41, 5.74) is 0. The molecule has 1 fully saturated rings. The highest BCUT2D eigenvalue weighted by atomic mass is 14.3. The zero-order valence-electron chi connectivity index (χ0n) is 18.0. The highest BCUT2D eigenvalue weighted by Crippen LogP contribution is 2.37. The zero-order valence-corrected chi connectivity index (χ0v) is 18.0. The maximum atomic E-state index is 2.31. The standard InChI is InChI=1S/C25H50/c1-3-5-7-9-11-13-15-17-19-24-21-22-25(23-24)20-18-16-14-12-10-8-6-4-2/h24-25H,3-23H2,1-2H3. The minimum atomic E-state index is 1.10. The highest BCUT2D eigenvalue weighted by molar-refractivity contribution is 4.75. The lowest BCUT2D eigenvalue weighted by Crippen LogP contribution is -1.97. The van der Waals surface area contributed by atoms with Crippen LogP contribution in [0.25, 0.3) is 0 Å². The summed E-state index contributed by atoms with van der Waals surface area (Å²) in [5, 5.41) is 0. The summed E-state index contributed by atoms with van der Waals surface area (Å²) >= 11 is 0. The topological polar surface area (TPSA) is 0 Å². The van der Waals surface area contributed by atoms with Crippen LogP contribution in [0.4, 0.5) is 0 Å². The molecule has 1 saturated carbocycles. The van der Waals surface area contributed by atoms with Gasteiger partial charge in [-0.2, -0.15) is 0 Å². The number of rotatable bonds is 18. The number of hydrogen-bond acceptors (Lipinski definition) is 0. The first-order valence-corrected chi connectivity index (χ1v) is 12.4. The van der Waals surface area contributed by atoms with Gasteiger partial charge in [-0.1, -0.05) is 142 Å². The Balaban J connectivity index is 1.83. The van der Waals surface area contributed by atoms with Gasteiger partial charge < -0.3 is 0 Å². The quantitative estimate of drug-likeness (QED) is 0.216. The van der Waals surface area contributed by atoms with Crippen molar-refractivity contribution in [2.24, 2.45) is 11.8 Å². The number of unbranched alkanes of at least 4 members (excludes halogenated alkanes) is 14. The van der Waals surface area contributed by atoms with E-state index in [1.807, 2.05) is 0 Å². The van der Waals surface area contributed by atoms with Crippen LogP contribution >= 0.6 is 0 Å². The molecule has 1 rings (SSSR count). The van der Waals surface area contributed by atoms with Crippen molar-refractivity contribution < 1.29 is 0 Å². The Bertz CT molecular complexity index is 231. The molecule has 1 aliphatic rings. The monoisotopic (exact) mass is 350 g/mol. The summed E-state index contributed by atoms with van der Waals surface area (Å²) in [6, 6.07) is 0. The van der Waals surface area contributed by atoms with Crippen molar-refractivity contribution in [1.29, 1.82) is 0 Å². The summed E-state index contributed by atoms with van der Waals surface area (Å²) in [6.45, 7) is 4.62. The molecule has 0 saturated heterocycles. The van der Waals surface area contributed by atoms with Crippen molar-refractivity contribution in [3.63, 3.8) is 0 Å². The van der Waals surface area contributed by atoms with Crippen LogP contribution in [-0.4, -0.2) is 0 Å². The first kappa shape index (κ1) is 23.0. The van der Waals surface area contributed by atoms with E-state index >= 15 is 0 Å². The lowest BCUT2D eigenvalue weighted by atomic mass is 9.95. The smallest absolute Gasteiger partial charge is 0.0412 e. The summed E-state index contributed by atoms with van der Waals surface area (Å²) in [5.74, 6) is 2.19. The Hall–Kier alpha value is 0. The summed E-state index contributed by atoms with van der Waals surface area (Å²) in [4.78, 5) is 0. The van der Waals surface area contributed by atoms with Gasteiger partial charge in [0.1, 0.15) is 0 Å². The molecular formula is C25H50. The predicted octanol–water partition coefficient (Wildman–Crippen LogP) is 9.46. The molecule has 0 heterocycles. The summed E-state index contributed by atoms with van der Waals surface area (Å²) in [7, 11) is 0. The molecule has 0 nitrogen and oxygen atoms in total. The highest BCUT2D eigenvalue weighted by Gasteiger charge is 2.23. The third-order valence-corrected chi connectivity index (χ3v) is 6.58. The predicted molar refractivity (Wildman–Crippen MR) is 115 cm³/mol. The van der Waals surface area contributed by atoms with Crippen LogP contribution < -0.4 is 0 Å². The molecule has 0 heteroatoms. The number of hydrogen-bond donors (Lipinski definition) is 0. The average Bonchev–Trinajstić information content (AvgIpc) is 3.07. The fourth-order valence-electron chi connectivity index (χ4n) is 4.84. The van der Waals surface area contributed by atoms with Crippen molar-refractivity contribution >= 4 is 0 Å². The maximum absolute atomic E-state index is 2.31. The maximum Gasteiger partial charge on any atom is -0.0412 e. The van der Waals surface area contributed by atoms with E-state index in [1.54, 1.807) is 32.1 Å². The Morgan fingerprint density at radius 3 is 1.12 bits per heavy atom. The van der Waals surface area contributed by atoms with Gasteiger partial charge in [0, 0.05) is 0 Å². The lowest BCUT2D eigenvalue weighted by molar-refractivity contribution is 0.414. The third-order valence-electron chi connectivity index (χ3n) is 6.58. The fourth-order valence-corrected chi connectivity index (χ4v) is 4.84. The Morgan fingerprint density at radius 1 is 0.440 bits per heavy atom. The van der Waals surface area contributed by atoms with E-state index in [1.165, 1.54) is 103 Å². The molecule has 2 unspecified atom stereocenters. The van der Waals surface area contributed by atoms with Crippen molar-refractivity contribution in [1.82, 2.24) is 0 Å². The average molecular weight is 351 g/mol. The first-order chi connectivity index (χ1) is 12.4. The van der Waals surface area contributed by atoms with Crippen LogP contribution in [0.3, 0.4) is 0 Å². The third kappa shape index (κ3) is 13.8. The van der Waals surface area contributed by atoms with Gasteiger partial charge in [0.15, 0.2) is 0 Å². The van der Waals surface area contributed by atoms with Crippen LogP contribution in [0, 0.1) is 11.8 Å². The van der Waals surface area contributed by atoms with Crippen molar-refractivity contribution in [3.8, 4) is 0 Å². The second kappa shape index (κ2) is 17.4. The SMILES string of the molecule is CCCCCCCCCCC1CCC(CCCCCCCCCC)C1. The van der Waals surface area contributed by atoms with Gasteiger partial charge in [-0.15, -0.1) is 0 Å². The lowest BCUT2D eigenvalue weighted by Gasteiger charge is -2.11. The molecule has 1 aliphatic carbocycles. The van der Waals surface area contributed by atoms with Crippen molar-refractivity contribution in [3.05, 3.63) is 0 Å². The molecule has 0 aromatic rings. The van der Waals surface area contributed by atoms with Crippen molar-refractivity contribution in [2.45, 2.75) is 149 Å². The summed E-state index contributed by atoms with van der Waals surface area (Å²) in [6.07, 6.45) is 31.4. The van der Waals surface area contributed by atoms with Crippen LogP contribution in [-0.2, 0) is 0 Å². The van der Waals surface area contributed by atoms with Gasteiger partial charge in [0.25, 0.3) is 0 Å². The van der Waals surface area contributed by atoms with Crippen molar-refractivity contribution in [2.75, 3.05) is 0 Å². The van der Waals surface area contributed by atoms with Gasteiger partial charge in [-0.25, -0.2) is 0 Å². The fraction of sp³-hybridized carbons (Fsp3) is 1.00. The van der Waals surface area contributed by atoms with E-state index in [9.17, 15) is 0 Å². The van der Waals surface area contributed by atoms with E-state index in [0.29, 0.717) is 0 Å². The minimum absolute atomic E-state index is 1.10. The zero-order chi connectivity index (χ0) is 18.0. The van der Waals surface area contributed by atoms with Gasteiger partial charge in [-0.3, -0.25) is 0 Å². The molecule has 0 N–H and O–H groups in total. The van der Waals surface area contributed by atoms with E-state index in [4.69, 9.17) is 0 Å². The second-order valence-corrected chi connectivity index (χ2v) is 9.07. The van der Waals surface area contributed by atoms with Crippen LogP contribution in [0.2, 0.25) is 0 Å². The molecule has 25 heavy (non-hydrogen) atoms. The summed E-state index contributed by atoms with van der Waals surface area (Å²) < 4.78 is 0. The van der Waals surface area contributed by atoms with Gasteiger partial charge >= 0.3 is 0 Å². The normalized spacial score (nSPS) is 20.4. The minimum Gasteiger partial charge on any atom is -0.0654 e. The van der Waals surface area contributed by atoms with Gasteiger partial charge in [0.05, 0.1) is 0 Å². The molecule has 0 amide bonds. The molecule has 0 aromatic carbocycles. The van der Waals surface area contributed by atoms with Crippen LogP contribution in [0.1, 0.15) is 149 Å². The van der Waals surface area contributed by atoms with Crippen LogP contribution in [0.15, 0.2) is 0 Å². The molecule has 2 atom stereocenters. The molecule has 0 spiro atoms. The van der Waals surface area contributed by atoms with Crippen LogP contribution in [0.5, 0.6) is 0 Å². The van der Waals surface area contributed by atoms with Gasteiger partial charge in [0.2, 0.25) is 0 Å². The molecular weight excluding hydrogens is 300 g/mol. The Kier molecular flexibility index (Phi) is 16.1. The largest absolute Gasteiger partial charge is 0.0654 e. The van der Waals surface area contributed by atoms with E-state index in [-0.39, 0.29) is 0 Å². The molecule has 0 radical (unpaired) electrons. The Morgan fingerprint density at radius 2 is 0.760 bits per heavy atom. The first-order valence-electron chi connectivity index (χ1n) is 12.4. The molecule has 0 bridgehead atoms. The van der Waals surface area contributed by atoms with E-state index in [2.05, 4.69) is 13.8 Å². The molecule has 0 aromatic heterocycles.